The fourth-order valence-electron chi connectivity index (χ4n) is 3.39. The third kappa shape index (κ3) is 4.70. The van der Waals surface area contributed by atoms with Crippen molar-refractivity contribution in [2.75, 3.05) is 13.2 Å². The minimum atomic E-state index is -0.616. The number of aliphatic hydroxyl groups is 2. The summed E-state index contributed by atoms with van der Waals surface area (Å²) < 4.78 is 11.2. The Morgan fingerprint density at radius 3 is 2.80 bits per heavy atom. The second kappa shape index (κ2) is 8.63. The molecule has 2 N–H and O–H groups in total. The highest BCUT2D eigenvalue weighted by Gasteiger charge is 2.47. The van der Waals surface area contributed by atoms with Crippen LogP contribution in [0.5, 0.6) is 0 Å². The van der Waals surface area contributed by atoms with E-state index in [-0.39, 0.29) is 25.1 Å². The van der Waals surface area contributed by atoms with Gasteiger partial charge in [0, 0.05) is 6.42 Å². The van der Waals surface area contributed by atoms with Gasteiger partial charge in [0.25, 0.3) is 0 Å². The molecule has 0 bridgehead atoms. The summed E-state index contributed by atoms with van der Waals surface area (Å²) >= 11 is 0. The molecule has 6 heteroatoms. The van der Waals surface area contributed by atoms with Crippen LogP contribution in [0.25, 0.3) is 0 Å². The fourth-order valence-corrected chi connectivity index (χ4v) is 3.39. The van der Waals surface area contributed by atoms with E-state index in [9.17, 15) is 19.8 Å². The van der Waals surface area contributed by atoms with Gasteiger partial charge in [-0.1, -0.05) is 18.6 Å². The first-order valence-electron chi connectivity index (χ1n) is 8.85. The van der Waals surface area contributed by atoms with Crippen LogP contribution in [0.1, 0.15) is 40.0 Å². The number of fused-ring (bicyclic) bond motifs is 1. The standard InChI is InChI=1S/C19H28O6/c1-11-5-4-6-14(10-21)8-16-17(13(3)19(23)25-16)15(7-11)24-18(22)12(2)9-20/h5,8,12-13,15-17,20-21H,4,6-7,9-10H2,1-3H3/b11-5-,14-8+/t12-,13+,15+,16-,17-/m1/s1. The van der Waals surface area contributed by atoms with E-state index < -0.39 is 30.0 Å². The van der Waals surface area contributed by atoms with Gasteiger partial charge in [0.05, 0.1) is 31.0 Å². The van der Waals surface area contributed by atoms with Crippen LogP contribution in [0.4, 0.5) is 0 Å². The van der Waals surface area contributed by atoms with Crippen molar-refractivity contribution in [3.05, 3.63) is 23.3 Å². The number of ether oxygens (including phenoxy) is 2. The number of hydrogen-bond donors (Lipinski definition) is 2. The minimum absolute atomic E-state index is 0.0892. The van der Waals surface area contributed by atoms with Gasteiger partial charge in [-0.3, -0.25) is 9.59 Å². The van der Waals surface area contributed by atoms with E-state index in [4.69, 9.17) is 9.47 Å². The van der Waals surface area contributed by atoms with E-state index in [1.807, 2.05) is 6.92 Å². The van der Waals surface area contributed by atoms with Crippen LogP contribution in [0.3, 0.4) is 0 Å². The molecule has 140 valence electrons. The summed E-state index contributed by atoms with van der Waals surface area (Å²) in [6.45, 7) is 4.98. The van der Waals surface area contributed by atoms with Gasteiger partial charge in [-0.15, -0.1) is 0 Å². The SMILES string of the molecule is C/C1=C/CC/C(CO)=C\[C@H]2OC(=O)[C@@H](C)[C@@H]2[C@@H](OC(=O)[C@H](C)CO)C1. The van der Waals surface area contributed by atoms with Crippen LogP contribution < -0.4 is 0 Å². The highest BCUT2D eigenvalue weighted by Crippen LogP contribution is 2.37. The summed E-state index contributed by atoms with van der Waals surface area (Å²) in [5.41, 5.74) is 1.88. The normalized spacial score (nSPS) is 35.5. The summed E-state index contributed by atoms with van der Waals surface area (Å²) in [7, 11) is 0. The first-order valence-corrected chi connectivity index (χ1v) is 8.85. The third-order valence-electron chi connectivity index (χ3n) is 5.04. The van der Waals surface area contributed by atoms with Crippen molar-refractivity contribution in [1.29, 1.82) is 0 Å². The third-order valence-corrected chi connectivity index (χ3v) is 5.04. The number of carbonyl (C=O) groups is 2. The molecule has 0 spiro atoms. The molecule has 1 fully saturated rings. The van der Waals surface area contributed by atoms with E-state index in [1.165, 1.54) is 0 Å². The Balaban J connectivity index is 2.35. The van der Waals surface area contributed by atoms with Crippen LogP contribution >= 0.6 is 0 Å². The van der Waals surface area contributed by atoms with Crippen molar-refractivity contribution in [3.63, 3.8) is 0 Å². The van der Waals surface area contributed by atoms with Crippen molar-refractivity contribution >= 4 is 11.9 Å². The minimum Gasteiger partial charge on any atom is -0.461 e. The lowest BCUT2D eigenvalue weighted by atomic mass is 9.82. The van der Waals surface area contributed by atoms with Crippen molar-refractivity contribution in [3.8, 4) is 0 Å². The maximum Gasteiger partial charge on any atom is 0.311 e. The second-order valence-corrected chi connectivity index (χ2v) is 7.10. The number of rotatable bonds is 4. The fraction of sp³-hybridized carbons (Fsp3) is 0.684. The number of aliphatic hydroxyl groups excluding tert-OH is 2. The van der Waals surface area contributed by atoms with Gasteiger partial charge < -0.3 is 19.7 Å². The van der Waals surface area contributed by atoms with E-state index in [2.05, 4.69) is 6.08 Å². The molecule has 0 aromatic heterocycles. The average Bonchev–Trinajstić information content (AvgIpc) is 2.86. The highest BCUT2D eigenvalue weighted by atomic mass is 16.6. The molecule has 0 amide bonds. The summed E-state index contributed by atoms with van der Waals surface area (Å²) in [6.07, 6.45) is 4.84. The Morgan fingerprint density at radius 2 is 2.16 bits per heavy atom. The van der Waals surface area contributed by atoms with Crippen LogP contribution in [0, 0.1) is 17.8 Å². The van der Waals surface area contributed by atoms with E-state index in [0.29, 0.717) is 12.8 Å². The van der Waals surface area contributed by atoms with Crippen LogP contribution in [0.2, 0.25) is 0 Å². The average molecular weight is 352 g/mol. The predicted octanol–water partition coefficient (Wildman–Crippen LogP) is 1.75. The monoisotopic (exact) mass is 352 g/mol. The zero-order valence-corrected chi connectivity index (χ0v) is 15.1. The Hall–Kier alpha value is -1.66. The van der Waals surface area contributed by atoms with Crippen LogP contribution in [-0.2, 0) is 19.1 Å². The molecular formula is C19H28O6. The number of hydrogen-bond acceptors (Lipinski definition) is 6. The first-order chi connectivity index (χ1) is 11.9. The molecule has 0 unspecified atom stereocenters. The van der Waals surface area contributed by atoms with Crippen LogP contribution in [0.15, 0.2) is 23.3 Å². The zero-order valence-electron chi connectivity index (χ0n) is 15.1. The van der Waals surface area contributed by atoms with Crippen molar-refractivity contribution in [2.45, 2.75) is 52.2 Å². The summed E-state index contributed by atoms with van der Waals surface area (Å²) in [5, 5.41) is 18.8. The Kier molecular flexibility index (Phi) is 6.79. The smallest absolute Gasteiger partial charge is 0.311 e. The molecule has 25 heavy (non-hydrogen) atoms. The van der Waals surface area contributed by atoms with E-state index in [0.717, 1.165) is 17.6 Å². The van der Waals surface area contributed by atoms with Gasteiger partial charge in [-0.2, -0.15) is 0 Å². The number of allylic oxidation sites excluding steroid dienone is 1. The lowest BCUT2D eigenvalue weighted by Crippen LogP contribution is -2.37. The van der Waals surface area contributed by atoms with Gasteiger partial charge >= 0.3 is 11.9 Å². The highest BCUT2D eigenvalue weighted by molar-refractivity contribution is 5.76. The van der Waals surface area contributed by atoms with Gasteiger partial charge in [0.1, 0.15) is 12.2 Å². The van der Waals surface area contributed by atoms with Gasteiger partial charge in [-0.25, -0.2) is 0 Å². The summed E-state index contributed by atoms with van der Waals surface area (Å²) in [6, 6.07) is 0. The molecular weight excluding hydrogens is 324 g/mol. The number of carbonyl (C=O) groups excluding carboxylic acids is 2. The Bertz CT molecular complexity index is 564. The second-order valence-electron chi connectivity index (χ2n) is 7.10. The van der Waals surface area contributed by atoms with Gasteiger partial charge in [0.15, 0.2) is 0 Å². The first kappa shape index (κ1) is 19.7. The van der Waals surface area contributed by atoms with Crippen molar-refractivity contribution < 1.29 is 29.3 Å². The van der Waals surface area contributed by atoms with Crippen molar-refractivity contribution in [1.82, 2.24) is 0 Å². The maximum atomic E-state index is 12.2. The molecule has 2 rings (SSSR count). The molecule has 6 nitrogen and oxygen atoms in total. The molecule has 1 heterocycles. The molecule has 0 radical (unpaired) electrons. The topological polar surface area (TPSA) is 93.1 Å². The lowest BCUT2D eigenvalue weighted by molar-refractivity contribution is -0.158. The Labute approximate surface area is 148 Å². The molecule has 0 aromatic carbocycles. The predicted molar refractivity (Wildman–Crippen MR) is 91.4 cm³/mol. The Morgan fingerprint density at radius 1 is 1.44 bits per heavy atom. The van der Waals surface area contributed by atoms with E-state index in [1.54, 1.807) is 19.9 Å². The van der Waals surface area contributed by atoms with Gasteiger partial charge in [-0.05, 0) is 38.3 Å². The quantitative estimate of drug-likeness (QED) is 0.591. The molecule has 1 aliphatic heterocycles. The van der Waals surface area contributed by atoms with Crippen molar-refractivity contribution in [2.24, 2.45) is 17.8 Å². The number of esters is 2. The molecule has 0 saturated carbocycles. The van der Waals surface area contributed by atoms with E-state index >= 15 is 0 Å². The van der Waals surface area contributed by atoms with Gasteiger partial charge in [0.2, 0.25) is 0 Å². The molecule has 1 aliphatic carbocycles. The molecule has 2 aliphatic rings. The lowest BCUT2D eigenvalue weighted by Gasteiger charge is -2.29. The molecule has 1 saturated heterocycles. The van der Waals surface area contributed by atoms with Crippen LogP contribution in [-0.4, -0.2) is 47.6 Å². The maximum absolute atomic E-state index is 12.2. The molecule has 5 atom stereocenters. The molecule has 0 aromatic rings. The zero-order chi connectivity index (χ0) is 18.6. The summed E-state index contributed by atoms with van der Waals surface area (Å²) in [4.78, 5) is 24.3. The summed E-state index contributed by atoms with van der Waals surface area (Å²) in [5.74, 6) is -2.13. The largest absolute Gasteiger partial charge is 0.461 e.